The first-order chi connectivity index (χ1) is 11.3. The number of carbonyl (C=O) groups is 2. The van der Waals surface area contributed by atoms with Crippen LogP contribution in [0, 0.1) is 6.92 Å². The van der Waals surface area contributed by atoms with Crippen LogP contribution in [0.4, 0.5) is 0 Å². The van der Waals surface area contributed by atoms with Crippen molar-refractivity contribution in [3.8, 4) is 0 Å². The summed E-state index contributed by atoms with van der Waals surface area (Å²) in [5.41, 5.74) is 0.449. The van der Waals surface area contributed by atoms with Crippen LogP contribution in [0.3, 0.4) is 0 Å². The zero-order chi connectivity index (χ0) is 18.0. The summed E-state index contributed by atoms with van der Waals surface area (Å²) in [6.45, 7) is 7.70. The second-order valence-corrected chi connectivity index (χ2v) is 6.94. The van der Waals surface area contributed by atoms with Crippen molar-refractivity contribution in [2.24, 2.45) is 7.05 Å². The molecule has 24 heavy (non-hydrogen) atoms. The summed E-state index contributed by atoms with van der Waals surface area (Å²) in [5.74, 6) is -0.452. The third-order valence-electron chi connectivity index (χ3n) is 3.66. The average Bonchev–Trinajstić information content (AvgIpc) is 2.84. The summed E-state index contributed by atoms with van der Waals surface area (Å²) in [4.78, 5) is 43.7. The molecule has 2 aromatic heterocycles. The molecule has 0 radical (unpaired) electrons. The fraction of sp³-hybridized carbons (Fsp3) is 0.500. The standard InChI is InChI=1S/C16H22N4O3S/c1-6-20(7-11(21)18-9(2)3)16(23)13-10(4)12-14(24-13)17-8-19(5)15(12)22/h8-9H,6-7H2,1-5H3,(H,18,21). The molecule has 0 bridgehead atoms. The quantitative estimate of drug-likeness (QED) is 0.881. The third kappa shape index (κ3) is 3.48. The summed E-state index contributed by atoms with van der Waals surface area (Å²) in [7, 11) is 1.63. The molecule has 0 aliphatic heterocycles. The van der Waals surface area contributed by atoms with Gasteiger partial charge in [-0.15, -0.1) is 11.3 Å². The van der Waals surface area contributed by atoms with Gasteiger partial charge in [-0.1, -0.05) is 0 Å². The van der Waals surface area contributed by atoms with Gasteiger partial charge in [-0.05, 0) is 33.3 Å². The summed E-state index contributed by atoms with van der Waals surface area (Å²) >= 11 is 1.19. The van der Waals surface area contributed by atoms with Crippen molar-refractivity contribution in [3.63, 3.8) is 0 Å². The summed E-state index contributed by atoms with van der Waals surface area (Å²) < 4.78 is 1.39. The van der Waals surface area contributed by atoms with Crippen LogP contribution in [0.5, 0.6) is 0 Å². The van der Waals surface area contributed by atoms with E-state index in [0.29, 0.717) is 27.2 Å². The Bertz CT molecular complexity index is 838. The molecule has 0 atom stereocenters. The predicted molar refractivity (Wildman–Crippen MR) is 94.5 cm³/mol. The maximum absolute atomic E-state index is 12.8. The first-order valence-electron chi connectivity index (χ1n) is 7.79. The van der Waals surface area contributed by atoms with Crippen LogP contribution in [0.1, 0.15) is 36.0 Å². The number of hydrogen-bond donors (Lipinski definition) is 1. The van der Waals surface area contributed by atoms with Crippen molar-refractivity contribution >= 4 is 33.4 Å². The van der Waals surface area contributed by atoms with E-state index in [4.69, 9.17) is 0 Å². The molecule has 2 heterocycles. The van der Waals surface area contributed by atoms with Crippen molar-refractivity contribution in [2.75, 3.05) is 13.1 Å². The lowest BCUT2D eigenvalue weighted by Crippen LogP contribution is -2.42. The number of nitrogens with one attached hydrogen (secondary N) is 1. The molecular weight excluding hydrogens is 328 g/mol. The van der Waals surface area contributed by atoms with Crippen LogP contribution >= 0.6 is 11.3 Å². The van der Waals surface area contributed by atoms with E-state index in [1.807, 2.05) is 20.8 Å². The van der Waals surface area contributed by atoms with E-state index >= 15 is 0 Å². The first-order valence-corrected chi connectivity index (χ1v) is 8.61. The number of likely N-dealkylation sites (N-methyl/N-ethyl adjacent to an activating group) is 1. The Morgan fingerprint density at radius 3 is 2.67 bits per heavy atom. The number of aromatic nitrogens is 2. The second kappa shape index (κ2) is 7.12. The highest BCUT2D eigenvalue weighted by Gasteiger charge is 2.24. The molecule has 8 heteroatoms. The van der Waals surface area contributed by atoms with E-state index < -0.39 is 0 Å². The van der Waals surface area contributed by atoms with Crippen molar-refractivity contribution in [2.45, 2.75) is 33.7 Å². The highest BCUT2D eigenvalue weighted by molar-refractivity contribution is 7.20. The molecule has 2 aromatic rings. The minimum absolute atomic E-state index is 0.00730. The molecule has 0 fully saturated rings. The molecule has 0 spiro atoms. The van der Waals surface area contributed by atoms with Gasteiger partial charge in [0.25, 0.3) is 11.5 Å². The normalized spacial score (nSPS) is 11.1. The Hall–Kier alpha value is -2.22. The van der Waals surface area contributed by atoms with Crippen molar-refractivity contribution in [1.29, 1.82) is 0 Å². The summed E-state index contributed by atoms with van der Waals surface area (Å²) in [6.07, 6.45) is 1.45. The zero-order valence-corrected chi connectivity index (χ0v) is 15.4. The van der Waals surface area contributed by atoms with Gasteiger partial charge in [-0.2, -0.15) is 0 Å². The van der Waals surface area contributed by atoms with Crippen molar-refractivity contribution in [1.82, 2.24) is 19.8 Å². The van der Waals surface area contributed by atoms with Gasteiger partial charge in [0.1, 0.15) is 4.83 Å². The molecule has 2 amide bonds. The SMILES string of the molecule is CCN(CC(=O)NC(C)C)C(=O)c1sc2ncn(C)c(=O)c2c1C. The molecule has 0 aliphatic carbocycles. The van der Waals surface area contributed by atoms with Crippen LogP contribution in [-0.4, -0.2) is 45.4 Å². The Morgan fingerprint density at radius 1 is 1.42 bits per heavy atom. The van der Waals surface area contributed by atoms with Gasteiger partial charge in [0.2, 0.25) is 5.91 Å². The highest BCUT2D eigenvalue weighted by atomic mass is 32.1. The number of rotatable bonds is 5. The molecule has 0 saturated carbocycles. The number of hydrogen-bond acceptors (Lipinski definition) is 5. The van der Waals surface area contributed by atoms with Crippen molar-refractivity contribution in [3.05, 3.63) is 27.1 Å². The molecule has 2 rings (SSSR count). The Balaban J connectivity index is 2.36. The van der Waals surface area contributed by atoms with E-state index in [1.165, 1.54) is 27.1 Å². The minimum atomic E-state index is -0.251. The van der Waals surface area contributed by atoms with Gasteiger partial charge in [0.05, 0.1) is 23.1 Å². The lowest BCUT2D eigenvalue weighted by molar-refractivity contribution is -0.122. The number of thiophene rings is 1. The van der Waals surface area contributed by atoms with E-state index in [0.717, 1.165) is 0 Å². The van der Waals surface area contributed by atoms with E-state index in [2.05, 4.69) is 10.3 Å². The number of nitrogens with zero attached hydrogens (tertiary/aromatic N) is 3. The predicted octanol–water partition coefficient (Wildman–Crippen LogP) is 1.29. The number of amides is 2. The zero-order valence-electron chi connectivity index (χ0n) is 14.5. The molecule has 0 aromatic carbocycles. The largest absolute Gasteiger partial charge is 0.352 e. The number of fused-ring (bicyclic) bond motifs is 1. The maximum atomic E-state index is 12.8. The van der Waals surface area contributed by atoms with Gasteiger partial charge in [-0.3, -0.25) is 14.4 Å². The highest BCUT2D eigenvalue weighted by Crippen LogP contribution is 2.27. The monoisotopic (exact) mass is 350 g/mol. The van der Waals surface area contributed by atoms with Crippen LogP contribution in [-0.2, 0) is 11.8 Å². The molecule has 1 N–H and O–H groups in total. The Kier molecular flexibility index (Phi) is 5.38. The van der Waals surface area contributed by atoms with Gasteiger partial charge >= 0.3 is 0 Å². The Morgan fingerprint density at radius 2 is 2.08 bits per heavy atom. The minimum Gasteiger partial charge on any atom is -0.352 e. The van der Waals surface area contributed by atoms with Gasteiger partial charge < -0.3 is 14.8 Å². The molecule has 0 saturated heterocycles. The maximum Gasteiger partial charge on any atom is 0.264 e. The smallest absolute Gasteiger partial charge is 0.264 e. The second-order valence-electron chi connectivity index (χ2n) is 5.94. The summed E-state index contributed by atoms with van der Waals surface area (Å²) in [6, 6.07) is 0.0181. The topological polar surface area (TPSA) is 84.3 Å². The van der Waals surface area contributed by atoms with Crippen LogP contribution < -0.4 is 10.9 Å². The van der Waals surface area contributed by atoms with Gasteiger partial charge in [-0.25, -0.2) is 4.98 Å². The van der Waals surface area contributed by atoms with Gasteiger partial charge in [0, 0.05) is 19.6 Å². The van der Waals surface area contributed by atoms with Crippen LogP contribution in [0.15, 0.2) is 11.1 Å². The first kappa shape index (κ1) is 18.1. The fourth-order valence-corrected chi connectivity index (χ4v) is 3.53. The molecule has 7 nitrogen and oxygen atoms in total. The molecule has 130 valence electrons. The average molecular weight is 350 g/mol. The van der Waals surface area contributed by atoms with Gasteiger partial charge in [0.15, 0.2) is 0 Å². The Labute approximate surface area is 144 Å². The molecular formula is C16H22N4O3S. The lowest BCUT2D eigenvalue weighted by atomic mass is 10.2. The molecule has 0 aliphatic rings. The fourth-order valence-electron chi connectivity index (χ4n) is 2.42. The number of carbonyl (C=O) groups excluding carboxylic acids is 2. The van der Waals surface area contributed by atoms with Crippen LogP contribution in [0.2, 0.25) is 0 Å². The van der Waals surface area contributed by atoms with E-state index in [1.54, 1.807) is 14.0 Å². The van der Waals surface area contributed by atoms with E-state index in [-0.39, 0.29) is 30.0 Å². The third-order valence-corrected chi connectivity index (χ3v) is 4.85. The van der Waals surface area contributed by atoms with E-state index in [9.17, 15) is 14.4 Å². The lowest BCUT2D eigenvalue weighted by Gasteiger charge is -2.20. The molecule has 0 unspecified atom stereocenters. The van der Waals surface area contributed by atoms with Crippen molar-refractivity contribution < 1.29 is 9.59 Å². The van der Waals surface area contributed by atoms with Crippen LogP contribution in [0.25, 0.3) is 10.2 Å². The summed E-state index contributed by atoms with van der Waals surface area (Å²) in [5, 5.41) is 3.25. The number of aryl methyl sites for hydroxylation is 2.